The van der Waals surface area contributed by atoms with Crippen LogP contribution >= 0.6 is 0 Å². The number of rotatable bonds is 9. The molecule has 3 aromatic rings. The highest BCUT2D eigenvalue weighted by Gasteiger charge is 2.28. The lowest BCUT2D eigenvalue weighted by Gasteiger charge is -2.24. The Morgan fingerprint density at radius 3 is 2.25 bits per heavy atom. The molecule has 0 aliphatic heterocycles. The van der Waals surface area contributed by atoms with Gasteiger partial charge in [0.2, 0.25) is 0 Å². The molecular formula is C26H28N4O6. The summed E-state index contributed by atoms with van der Waals surface area (Å²) in [4.78, 5) is 50.8. The first-order chi connectivity index (χ1) is 17.3. The minimum absolute atomic E-state index is 0.0923. The SMILES string of the molecule is CC[C@H](C)[C@@H](NC(=O)c1ccccc1NC(=O)c1ccco1)C(=O)NNC(=O)c1ccc(OC)cc1. The van der Waals surface area contributed by atoms with Crippen molar-refractivity contribution in [2.75, 3.05) is 12.4 Å². The molecule has 188 valence electrons. The van der Waals surface area contributed by atoms with Gasteiger partial charge in [-0.25, -0.2) is 0 Å². The van der Waals surface area contributed by atoms with Crippen LogP contribution in [0.25, 0.3) is 0 Å². The number of ether oxygens (including phenoxy) is 1. The zero-order chi connectivity index (χ0) is 26.1. The third kappa shape index (κ3) is 6.50. The molecule has 0 fully saturated rings. The minimum Gasteiger partial charge on any atom is -0.497 e. The van der Waals surface area contributed by atoms with Gasteiger partial charge in [0.05, 0.1) is 24.6 Å². The second-order valence-electron chi connectivity index (χ2n) is 7.99. The topological polar surface area (TPSA) is 139 Å². The standard InChI is InChI=1S/C26H28N4O6/c1-4-16(2)22(26(34)30-29-23(31)17-11-13-18(35-3)14-12-17)28-24(32)19-8-5-6-9-20(19)27-25(33)21-10-7-15-36-21/h5-16,22H,4H2,1-3H3,(H,27,33)(H,28,32)(H,29,31)(H,30,34)/t16-,22+/m0/s1. The van der Waals surface area contributed by atoms with Crippen molar-refractivity contribution in [1.82, 2.24) is 16.2 Å². The van der Waals surface area contributed by atoms with Gasteiger partial charge in [0.25, 0.3) is 23.6 Å². The van der Waals surface area contributed by atoms with E-state index < -0.39 is 29.7 Å². The van der Waals surface area contributed by atoms with Gasteiger partial charge in [-0.15, -0.1) is 0 Å². The molecule has 0 radical (unpaired) electrons. The van der Waals surface area contributed by atoms with E-state index in [0.717, 1.165) is 0 Å². The van der Waals surface area contributed by atoms with Gasteiger partial charge in [0, 0.05) is 5.56 Å². The Balaban J connectivity index is 1.68. The molecule has 4 amide bonds. The summed E-state index contributed by atoms with van der Waals surface area (Å²) in [5.41, 5.74) is 5.49. The summed E-state index contributed by atoms with van der Waals surface area (Å²) in [5, 5.41) is 5.36. The number of methoxy groups -OCH3 is 1. The van der Waals surface area contributed by atoms with E-state index in [9.17, 15) is 19.2 Å². The van der Waals surface area contributed by atoms with Crippen LogP contribution in [0.5, 0.6) is 5.75 Å². The number of hydrazine groups is 1. The van der Waals surface area contributed by atoms with Crippen LogP contribution in [-0.4, -0.2) is 36.8 Å². The van der Waals surface area contributed by atoms with Crippen LogP contribution in [-0.2, 0) is 4.79 Å². The van der Waals surface area contributed by atoms with Crippen molar-refractivity contribution >= 4 is 29.3 Å². The number of hydrogen-bond acceptors (Lipinski definition) is 6. The molecule has 0 saturated carbocycles. The largest absolute Gasteiger partial charge is 0.497 e. The fraction of sp³-hybridized carbons (Fsp3) is 0.231. The molecule has 0 aliphatic carbocycles. The van der Waals surface area contributed by atoms with E-state index in [1.807, 2.05) is 6.92 Å². The summed E-state index contributed by atoms with van der Waals surface area (Å²) in [6, 6.07) is 14.9. The molecule has 0 bridgehead atoms. The number of amides is 4. The van der Waals surface area contributed by atoms with Crippen LogP contribution in [0.3, 0.4) is 0 Å². The minimum atomic E-state index is -0.951. The lowest BCUT2D eigenvalue weighted by atomic mass is 9.98. The Morgan fingerprint density at radius 1 is 0.889 bits per heavy atom. The number of carbonyl (C=O) groups excluding carboxylic acids is 4. The molecule has 0 spiro atoms. The van der Waals surface area contributed by atoms with Gasteiger partial charge in [-0.2, -0.15) is 0 Å². The van der Waals surface area contributed by atoms with Crippen molar-refractivity contribution in [3.05, 3.63) is 83.8 Å². The first-order valence-electron chi connectivity index (χ1n) is 11.3. The summed E-state index contributed by atoms with van der Waals surface area (Å²) in [6.45, 7) is 3.69. The van der Waals surface area contributed by atoms with Crippen LogP contribution in [0.4, 0.5) is 5.69 Å². The van der Waals surface area contributed by atoms with Crippen LogP contribution in [0, 0.1) is 5.92 Å². The Labute approximate surface area is 208 Å². The zero-order valence-corrected chi connectivity index (χ0v) is 20.2. The van der Waals surface area contributed by atoms with Crippen molar-refractivity contribution in [2.45, 2.75) is 26.3 Å². The summed E-state index contributed by atoms with van der Waals surface area (Å²) in [6.07, 6.45) is 1.96. The Hall–Kier alpha value is -4.60. The summed E-state index contributed by atoms with van der Waals surface area (Å²) >= 11 is 0. The van der Waals surface area contributed by atoms with E-state index in [0.29, 0.717) is 17.7 Å². The Kier molecular flexibility index (Phi) is 8.82. The van der Waals surface area contributed by atoms with Crippen LogP contribution < -0.4 is 26.2 Å². The lowest BCUT2D eigenvalue weighted by Crippen LogP contribution is -2.54. The molecule has 2 aromatic carbocycles. The predicted molar refractivity (Wildman–Crippen MR) is 132 cm³/mol. The molecule has 10 heteroatoms. The van der Waals surface area contributed by atoms with E-state index in [1.54, 1.807) is 55.5 Å². The molecule has 4 N–H and O–H groups in total. The number of furan rings is 1. The average molecular weight is 493 g/mol. The van der Waals surface area contributed by atoms with Gasteiger partial charge >= 0.3 is 0 Å². The van der Waals surface area contributed by atoms with Crippen molar-refractivity contribution in [3.8, 4) is 5.75 Å². The normalized spacial score (nSPS) is 12.1. The second-order valence-corrected chi connectivity index (χ2v) is 7.99. The smallest absolute Gasteiger partial charge is 0.291 e. The molecule has 0 saturated heterocycles. The third-order valence-electron chi connectivity index (χ3n) is 5.60. The van der Waals surface area contributed by atoms with Crippen molar-refractivity contribution in [1.29, 1.82) is 0 Å². The summed E-state index contributed by atoms with van der Waals surface area (Å²) in [7, 11) is 1.52. The van der Waals surface area contributed by atoms with E-state index in [1.165, 1.54) is 25.5 Å². The summed E-state index contributed by atoms with van der Waals surface area (Å²) in [5.74, 6) is -1.75. The van der Waals surface area contributed by atoms with Crippen LogP contribution in [0.2, 0.25) is 0 Å². The molecule has 0 unspecified atom stereocenters. The van der Waals surface area contributed by atoms with Crippen molar-refractivity contribution in [3.63, 3.8) is 0 Å². The first-order valence-corrected chi connectivity index (χ1v) is 11.3. The molecular weight excluding hydrogens is 464 g/mol. The summed E-state index contributed by atoms with van der Waals surface area (Å²) < 4.78 is 10.2. The molecule has 10 nitrogen and oxygen atoms in total. The van der Waals surface area contributed by atoms with Gasteiger partial charge in [-0.1, -0.05) is 32.4 Å². The van der Waals surface area contributed by atoms with E-state index in [-0.39, 0.29) is 22.9 Å². The fourth-order valence-electron chi connectivity index (χ4n) is 3.31. The number of para-hydroxylation sites is 1. The number of carbonyl (C=O) groups is 4. The van der Waals surface area contributed by atoms with Gasteiger partial charge < -0.3 is 19.8 Å². The van der Waals surface area contributed by atoms with Crippen molar-refractivity contribution < 1.29 is 28.3 Å². The number of anilines is 1. The number of hydrogen-bond donors (Lipinski definition) is 4. The van der Waals surface area contributed by atoms with Gasteiger partial charge in [-0.05, 0) is 54.4 Å². The monoisotopic (exact) mass is 492 g/mol. The fourth-order valence-corrected chi connectivity index (χ4v) is 3.31. The number of nitrogens with one attached hydrogen (secondary N) is 4. The van der Waals surface area contributed by atoms with E-state index in [4.69, 9.17) is 9.15 Å². The maximum absolute atomic E-state index is 13.1. The predicted octanol–water partition coefficient (Wildman–Crippen LogP) is 3.15. The second kappa shape index (κ2) is 12.2. The maximum Gasteiger partial charge on any atom is 0.291 e. The molecule has 1 aromatic heterocycles. The molecule has 1 heterocycles. The Bertz CT molecular complexity index is 1210. The highest BCUT2D eigenvalue weighted by molar-refractivity contribution is 6.08. The highest BCUT2D eigenvalue weighted by atomic mass is 16.5. The zero-order valence-electron chi connectivity index (χ0n) is 20.2. The average Bonchev–Trinajstić information content (AvgIpc) is 3.45. The van der Waals surface area contributed by atoms with Gasteiger partial charge in [0.15, 0.2) is 5.76 Å². The Morgan fingerprint density at radius 2 is 1.61 bits per heavy atom. The highest BCUT2D eigenvalue weighted by Crippen LogP contribution is 2.18. The third-order valence-corrected chi connectivity index (χ3v) is 5.60. The molecule has 3 rings (SSSR count). The van der Waals surface area contributed by atoms with Crippen LogP contribution in [0.1, 0.15) is 51.5 Å². The maximum atomic E-state index is 13.1. The molecule has 36 heavy (non-hydrogen) atoms. The van der Waals surface area contributed by atoms with E-state index in [2.05, 4.69) is 21.5 Å². The quantitative estimate of drug-likeness (QED) is 0.339. The molecule has 0 aliphatic rings. The van der Waals surface area contributed by atoms with Gasteiger partial charge in [0.1, 0.15) is 11.8 Å². The van der Waals surface area contributed by atoms with E-state index >= 15 is 0 Å². The first kappa shape index (κ1) is 26.0. The van der Waals surface area contributed by atoms with Crippen LogP contribution in [0.15, 0.2) is 71.3 Å². The number of benzene rings is 2. The van der Waals surface area contributed by atoms with Crippen molar-refractivity contribution in [2.24, 2.45) is 5.92 Å². The molecule has 2 atom stereocenters. The van der Waals surface area contributed by atoms with Gasteiger partial charge in [-0.3, -0.25) is 30.0 Å². The lowest BCUT2D eigenvalue weighted by molar-refractivity contribution is -0.124.